The number of unbranched alkanes of at least 4 members (excludes halogenated alkanes) is 5. The number of carboxylic acid groups (broad SMARTS) is 1. The normalized spacial score (nSPS) is 11.7. The van der Waals surface area contributed by atoms with Crippen LogP contribution in [0.1, 0.15) is 58.8 Å². The van der Waals surface area contributed by atoms with E-state index in [1.807, 2.05) is 0 Å². The van der Waals surface area contributed by atoms with Gasteiger partial charge in [0.05, 0.1) is 6.42 Å². The van der Waals surface area contributed by atoms with Gasteiger partial charge in [-0.1, -0.05) is 39.0 Å². The van der Waals surface area contributed by atoms with Crippen molar-refractivity contribution in [2.45, 2.75) is 64.9 Å². The van der Waals surface area contributed by atoms with Crippen LogP contribution < -0.4 is 5.32 Å². The summed E-state index contributed by atoms with van der Waals surface area (Å²) in [5, 5.41) is 11.3. The standard InChI is InChI=1S/C14H25NO5/c1-3-4-5-6-7-8-9-15-14(19)12(10-13(17)18)20-11(2)16/h12H,3-10H2,1-2H3,(H,15,19)(H,17,18)/t12-/m0/s1. The van der Waals surface area contributed by atoms with Gasteiger partial charge in [0.2, 0.25) is 0 Å². The molecule has 0 radical (unpaired) electrons. The number of hydrogen-bond donors (Lipinski definition) is 2. The summed E-state index contributed by atoms with van der Waals surface area (Å²) in [5.41, 5.74) is 0. The molecule has 6 nitrogen and oxygen atoms in total. The molecule has 0 aliphatic heterocycles. The third-order valence-corrected chi connectivity index (χ3v) is 2.79. The van der Waals surface area contributed by atoms with Crippen LogP contribution in [-0.2, 0) is 19.1 Å². The molecule has 2 N–H and O–H groups in total. The summed E-state index contributed by atoms with van der Waals surface area (Å²) in [7, 11) is 0. The minimum Gasteiger partial charge on any atom is -0.481 e. The van der Waals surface area contributed by atoms with Crippen LogP contribution in [0.3, 0.4) is 0 Å². The first kappa shape index (κ1) is 18.4. The highest BCUT2D eigenvalue weighted by Crippen LogP contribution is 2.05. The van der Waals surface area contributed by atoms with Crippen molar-refractivity contribution in [2.24, 2.45) is 0 Å². The molecule has 0 fully saturated rings. The molecule has 0 spiro atoms. The minimum atomic E-state index is -1.25. The number of rotatable bonds is 11. The number of hydrogen-bond acceptors (Lipinski definition) is 4. The number of carbonyl (C=O) groups excluding carboxylic acids is 2. The van der Waals surface area contributed by atoms with Gasteiger partial charge in [0.1, 0.15) is 0 Å². The molecule has 0 bridgehead atoms. The lowest BCUT2D eigenvalue weighted by Crippen LogP contribution is -2.39. The second kappa shape index (κ2) is 11.3. The van der Waals surface area contributed by atoms with Crippen molar-refractivity contribution in [3.05, 3.63) is 0 Å². The van der Waals surface area contributed by atoms with Gasteiger partial charge in [-0.15, -0.1) is 0 Å². The molecule has 116 valence electrons. The molecule has 20 heavy (non-hydrogen) atoms. The predicted molar refractivity (Wildman–Crippen MR) is 74.2 cm³/mol. The number of carboxylic acids is 1. The first-order valence-corrected chi connectivity index (χ1v) is 7.14. The monoisotopic (exact) mass is 287 g/mol. The van der Waals surface area contributed by atoms with Gasteiger partial charge in [0, 0.05) is 13.5 Å². The summed E-state index contributed by atoms with van der Waals surface area (Å²) in [6.45, 7) is 3.77. The van der Waals surface area contributed by atoms with Crippen molar-refractivity contribution in [2.75, 3.05) is 6.54 Å². The Kier molecular flexibility index (Phi) is 10.4. The van der Waals surface area contributed by atoms with Gasteiger partial charge >= 0.3 is 11.9 Å². The molecule has 0 aromatic heterocycles. The summed E-state index contributed by atoms with van der Waals surface area (Å²) in [6, 6.07) is 0. The molecule has 6 heteroatoms. The molecule has 0 aromatic rings. The third-order valence-electron chi connectivity index (χ3n) is 2.79. The van der Waals surface area contributed by atoms with Crippen molar-refractivity contribution in [1.29, 1.82) is 0 Å². The maximum atomic E-state index is 11.7. The number of carbonyl (C=O) groups is 3. The van der Waals surface area contributed by atoms with Crippen molar-refractivity contribution < 1.29 is 24.2 Å². The Morgan fingerprint density at radius 3 is 2.25 bits per heavy atom. The Morgan fingerprint density at radius 1 is 1.10 bits per heavy atom. The van der Waals surface area contributed by atoms with E-state index in [-0.39, 0.29) is 0 Å². The molecule has 0 unspecified atom stereocenters. The average molecular weight is 287 g/mol. The van der Waals surface area contributed by atoms with Crippen molar-refractivity contribution >= 4 is 17.8 Å². The summed E-state index contributed by atoms with van der Waals surface area (Å²) in [4.78, 5) is 33.1. The van der Waals surface area contributed by atoms with Gasteiger partial charge in [-0.05, 0) is 6.42 Å². The topological polar surface area (TPSA) is 92.7 Å². The summed E-state index contributed by atoms with van der Waals surface area (Å²) >= 11 is 0. The maximum absolute atomic E-state index is 11.7. The molecular weight excluding hydrogens is 262 g/mol. The molecule has 0 aromatic carbocycles. The van der Waals surface area contributed by atoms with E-state index in [2.05, 4.69) is 12.2 Å². The molecule has 0 heterocycles. The average Bonchev–Trinajstić information content (AvgIpc) is 2.35. The molecule has 0 aliphatic carbocycles. The van der Waals surface area contributed by atoms with E-state index >= 15 is 0 Å². The van der Waals surface area contributed by atoms with Crippen LogP contribution in [0.15, 0.2) is 0 Å². The van der Waals surface area contributed by atoms with E-state index in [1.54, 1.807) is 0 Å². The highest BCUT2D eigenvalue weighted by Gasteiger charge is 2.24. The van der Waals surface area contributed by atoms with Crippen LogP contribution >= 0.6 is 0 Å². The van der Waals surface area contributed by atoms with Crippen LogP contribution in [0.25, 0.3) is 0 Å². The van der Waals surface area contributed by atoms with Gasteiger partial charge in [-0.3, -0.25) is 14.4 Å². The Morgan fingerprint density at radius 2 is 1.70 bits per heavy atom. The lowest BCUT2D eigenvalue weighted by Gasteiger charge is -2.14. The SMILES string of the molecule is CCCCCCCCNC(=O)[C@H](CC(=O)O)OC(C)=O. The summed E-state index contributed by atoms with van der Waals surface area (Å²) in [5.74, 6) is -2.38. The Balaban J connectivity index is 3.89. The number of nitrogens with one attached hydrogen (secondary N) is 1. The summed E-state index contributed by atoms with van der Waals surface area (Å²) < 4.78 is 4.70. The molecule has 0 aliphatic rings. The first-order valence-electron chi connectivity index (χ1n) is 7.14. The fourth-order valence-electron chi connectivity index (χ4n) is 1.78. The van der Waals surface area contributed by atoms with Crippen LogP contribution in [0.2, 0.25) is 0 Å². The minimum absolute atomic E-state index is 0.475. The van der Waals surface area contributed by atoms with Crippen molar-refractivity contribution in [3.63, 3.8) is 0 Å². The van der Waals surface area contributed by atoms with E-state index < -0.39 is 30.4 Å². The number of amides is 1. The fourth-order valence-corrected chi connectivity index (χ4v) is 1.78. The van der Waals surface area contributed by atoms with Crippen molar-refractivity contribution in [1.82, 2.24) is 5.32 Å². The fraction of sp³-hybridized carbons (Fsp3) is 0.786. The predicted octanol–water partition coefficient (Wildman–Crippen LogP) is 1.87. The Labute approximate surface area is 119 Å². The zero-order chi connectivity index (χ0) is 15.4. The van der Waals surface area contributed by atoms with Crippen molar-refractivity contribution in [3.8, 4) is 0 Å². The molecular formula is C14H25NO5. The van der Waals surface area contributed by atoms with Crippen LogP contribution in [-0.4, -0.2) is 35.6 Å². The number of ether oxygens (including phenoxy) is 1. The Hall–Kier alpha value is -1.59. The van der Waals surface area contributed by atoms with Gasteiger partial charge in [-0.2, -0.15) is 0 Å². The quantitative estimate of drug-likeness (QED) is 0.447. The van der Waals surface area contributed by atoms with E-state index in [9.17, 15) is 14.4 Å². The number of esters is 1. The van der Waals surface area contributed by atoms with Gasteiger partial charge < -0.3 is 15.2 Å². The van der Waals surface area contributed by atoms with Gasteiger partial charge in [0.25, 0.3) is 5.91 Å². The lowest BCUT2D eigenvalue weighted by atomic mass is 10.1. The Bertz CT molecular complexity index is 301. The second-order valence-electron chi connectivity index (χ2n) is 4.75. The summed E-state index contributed by atoms with van der Waals surface area (Å²) in [6.07, 6.45) is 4.85. The van der Waals surface area contributed by atoms with Gasteiger partial charge in [0.15, 0.2) is 6.10 Å². The van der Waals surface area contributed by atoms with E-state index in [4.69, 9.17) is 9.84 Å². The highest BCUT2D eigenvalue weighted by atomic mass is 16.5. The highest BCUT2D eigenvalue weighted by molar-refractivity contribution is 5.87. The second-order valence-corrected chi connectivity index (χ2v) is 4.75. The molecule has 0 rings (SSSR count). The largest absolute Gasteiger partial charge is 0.481 e. The molecule has 1 atom stereocenters. The maximum Gasteiger partial charge on any atom is 0.307 e. The lowest BCUT2D eigenvalue weighted by molar-refractivity contribution is -0.157. The third kappa shape index (κ3) is 10.3. The smallest absolute Gasteiger partial charge is 0.307 e. The molecule has 0 saturated carbocycles. The van der Waals surface area contributed by atoms with E-state index in [1.165, 1.54) is 19.3 Å². The zero-order valence-corrected chi connectivity index (χ0v) is 12.3. The number of aliphatic carboxylic acids is 1. The van der Waals surface area contributed by atoms with Crippen LogP contribution in [0.5, 0.6) is 0 Å². The van der Waals surface area contributed by atoms with Gasteiger partial charge in [-0.25, -0.2) is 0 Å². The first-order chi connectivity index (χ1) is 9.47. The zero-order valence-electron chi connectivity index (χ0n) is 12.3. The van der Waals surface area contributed by atoms with Crippen LogP contribution in [0.4, 0.5) is 0 Å². The van der Waals surface area contributed by atoms with E-state index in [0.29, 0.717) is 6.54 Å². The van der Waals surface area contributed by atoms with E-state index in [0.717, 1.165) is 26.2 Å². The molecule has 1 amide bonds. The van der Waals surface area contributed by atoms with Crippen LogP contribution in [0, 0.1) is 0 Å². The molecule has 0 saturated heterocycles.